The van der Waals surface area contributed by atoms with Crippen molar-refractivity contribution < 1.29 is 19.1 Å². The Morgan fingerprint density at radius 3 is 2.71 bits per heavy atom. The van der Waals surface area contributed by atoms with Gasteiger partial charge in [-0.05, 0) is 34.1 Å². The van der Waals surface area contributed by atoms with Gasteiger partial charge in [0.1, 0.15) is 0 Å². The normalized spacial score (nSPS) is 18.0. The number of carbonyl (C=O) groups excluding carboxylic acids is 3. The van der Waals surface area contributed by atoms with Gasteiger partial charge in [-0.25, -0.2) is 4.79 Å². The number of halogens is 1. The highest BCUT2D eigenvalue weighted by atomic mass is 79.9. The van der Waals surface area contributed by atoms with Crippen LogP contribution in [0.3, 0.4) is 0 Å². The van der Waals surface area contributed by atoms with E-state index in [1.54, 1.807) is 23.1 Å². The maximum Gasteiger partial charge on any atom is 0.337 e. The molecule has 1 atom stereocenters. The summed E-state index contributed by atoms with van der Waals surface area (Å²) >= 11 is 4.57. The first-order valence-corrected chi connectivity index (χ1v) is 7.95. The Labute approximate surface area is 135 Å². The summed E-state index contributed by atoms with van der Waals surface area (Å²) in [6, 6.07) is 4.94. The van der Waals surface area contributed by atoms with Crippen LogP contribution >= 0.6 is 27.7 Å². The minimum absolute atomic E-state index is 0.00903. The minimum atomic E-state index is -0.431. The van der Waals surface area contributed by atoms with E-state index in [9.17, 15) is 14.4 Å². The third-order valence-electron chi connectivity index (χ3n) is 3.08. The van der Waals surface area contributed by atoms with E-state index >= 15 is 0 Å². The first-order valence-electron chi connectivity index (χ1n) is 6.28. The van der Waals surface area contributed by atoms with Gasteiger partial charge in [-0.1, -0.05) is 11.8 Å². The summed E-state index contributed by atoms with van der Waals surface area (Å²) in [4.78, 5) is 36.3. The lowest BCUT2D eigenvalue weighted by Crippen LogP contribution is -2.25. The predicted octanol–water partition coefficient (Wildman–Crippen LogP) is 2.62. The molecule has 0 N–H and O–H groups in total. The third-order valence-corrected chi connectivity index (χ3v) is 4.70. The van der Waals surface area contributed by atoms with E-state index < -0.39 is 5.97 Å². The van der Waals surface area contributed by atoms with Crippen molar-refractivity contribution in [1.29, 1.82) is 0 Å². The highest BCUT2D eigenvalue weighted by molar-refractivity contribution is 9.10. The number of thioether (sulfide) groups is 1. The second-order valence-corrected chi connectivity index (χ2v) is 6.93. The third kappa shape index (κ3) is 3.65. The van der Waals surface area contributed by atoms with Crippen LogP contribution in [0.1, 0.15) is 23.7 Å². The molecule has 0 aliphatic carbocycles. The van der Waals surface area contributed by atoms with E-state index in [1.807, 2.05) is 0 Å². The molecule has 1 aromatic carbocycles. The summed E-state index contributed by atoms with van der Waals surface area (Å²) in [7, 11) is 1.32. The maximum atomic E-state index is 12.1. The van der Waals surface area contributed by atoms with Gasteiger partial charge in [0.15, 0.2) is 5.12 Å². The van der Waals surface area contributed by atoms with Crippen molar-refractivity contribution in [3.05, 3.63) is 28.2 Å². The Bertz CT molecular complexity index is 605. The van der Waals surface area contributed by atoms with Gasteiger partial charge in [0.2, 0.25) is 5.91 Å². The lowest BCUT2D eigenvalue weighted by molar-refractivity contribution is -0.117. The zero-order chi connectivity index (χ0) is 15.6. The van der Waals surface area contributed by atoms with Crippen LogP contribution in [0.25, 0.3) is 0 Å². The summed E-state index contributed by atoms with van der Waals surface area (Å²) < 4.78 is 5.30. The fourth-order valence-corrected chi connectivity index (χ4v) is 3.70. The van der Waals surface area contributed by atoms with E-state index in [0.717, 1.165) is 0 Å². The van der Waals surface area contributed by atoms with Crippen LogP contribution in [0.5, 0.6) is 0 Å². The molecule has 2 rings (SSSR count). The number of benzene rings is 1. The minimum Gasteiger partial charge on any atom is -0.465 e. The topological polar surface area (TPSA) is 63.7 Å². The number of amides is 1. The lowest BCUT2D eigenvalue weighted by atomic mass is 10.2. The highest BCUT2D eigenvalue weighted by Crippen LogP contribution is 2.33. The summed E-state index contributed by atoms with van der Waals surface area (Å²) in [5.74, 6) is -0.458. The molecule has 0 radical (unpaired) electrons. The smallest absolute Gasteiger partial charge is 0.337 e. The van der Waals surface area contributed by atoms with E-state index in [1.165, 1.54) is 25.8 Å². The summed E-state index contributed by atoms with van der Waals surface area (Å²) in [6.07, 6.45) is 0.343. The molecule has 1 amide bonds. The number of ether oxygens (including phenoxy) is 1. The van der Waals surface area contributed by atoms with Crippen LogP contribution in [0.15, 0.2) is 22.7 Å². The number of methoxy groups -OCH3 is 1. The van der Waals surface area contributed by atoms with Crippen LogP contribution < -0.4 is 4.90 Å². The van der Waals surface area contributed by atoms with Gasteiger partial charge in [0.25, 0.3) is 0 Å². The van der Waals surface area contributed by atoms with Gasteiger partial charge in [0.05, 0.1) is 18.4 Å². The molecule has 1 unspecified atom stereocenters. The molecule has 1 aliphatic heterocycles. The molecule has 1 fully saturated rings. The molecule has 1 saturated heterocycles. The molecule has 0 saturated carbocycles. The lowest BCUT2D eigenvalue weighted by Gasteiger charge is -2.18. The van der Waals surface area contributed by atoms with Gasteiger partial charge >= 0.3 is 5.97 Å². The Morgan fingerprint density at radius 1 is 1.43 bits per heavy atom. The van der Waals surface area contributed by atoms with Crippen molar-refractivity contribution in [2.24, 2.45) is 0 Å². The van der Waals surface area contributed by atoms with Crippen molar-refractivity contribution in [3.8, 4) is 0 Å². The summed E-state index contributed by atoms with van der Waals surface area (Å²) in [5, 5.41) is -0.0167. The fourth-order valence-electron chi connectivity index (χ4n) is 2.19. The Hall–Kier alpha value is -1.34. The van der Waals surface area contributed by atoms with Crippen molar-refractivity contribution in [3.63, 3.8) is 0 Å². The second kappa shape index (κ2) is 6.62. The average Bonchev–Trinajstić information content (AvgIpc) is 2.77. The SMILES string of the molecule is COC(=O)c1ccc(N2CC(SC(C)=O)CC2=O)c(Br)c1. The largest absolute Gasteiger partial charge is 0.465 e. The number of hydrogen-bond donors (Lipinski definition) is 0. The molecule has 7 heteroatoms. The number of rotatable bonds is 3. The second-order valence-electron chi connectivity index (χ2n) is 4.60. The molecule has 0 aromatic heterocycles. The molecule has 1 heterocycles. The molecule has 1 aromatic rings. The van der Waals surface area contributed by atoms with E-state index in [4.69, 9.17) is 0 Å². The molecule has 112 valence electrons. The molecule has 1 aliphatic rings. The summed E-state index contributed by atoms with van der Waals surface area (Å²) in [6.45, 7) is 1.98. The zero-order valence-corrected chi connectivity index (χ0v) is 14.0. The monoisotopic (exact) mass is 371 g/mol. The first kappa shape index (κ1) is 16.0. The van der Waals surface area contributed by atoms with E-state index in [2.05, 4.69) is 20.7 Å². The number of esters is 1. The van der Waals surface area contributed by atoms with Gasteiger partial charge < -0.3 is 9.64 Å². The zero-order valence-electron chi connectivity index (χ0n) is 11.6. The van der Waals surface area contributed by atoms with Crippen molar-refractivity contribution in [2.75, 3.05) is 18.6 Å². The van der Waals surface area contributed by atoms with Crippen LogP contribution in [0.4, 0.5) is 5.69 Å². The highest BCUT2D eigenvalue weighted by Gasteiger charge is 2.32. The maximum absolute atomic E-state index is 12.1. The number of anilines is 1. The average molecular weight is 372 g/mol. The van der Waals surface area contributed by atoms with Gasteiger partial charge in [-0.15, -0.1) is 0 Å². The molecular formula is C14H14BrNO4S. The Balaban J connectivity index is 2.20. The van der Waals surface area contributed by atoms with Crippen molar-refractivity contribution >= 4 is 50.4 Å². The number of nitrogens with zero attached hydrogens (tertiary/aromatic N) is 1. The van der Waals surface area contributed by atoms with E-state index in [0.29, 0.717) is 28.7 Å². The number of hydrogen-bond acceptors (Lipinski definition) is 5. The Morgan fingerprint density at radius 2 is 2.14 bits per heavy atom. The fraction of sp³-hybridized carbons (Fsp3) is 0.357. The van der Waals surface area contributed by atoms with Gasteiger partial charge in [-0.3, -0.25) is 9.59 Å². The van der Waals surface area contributed by atoms with Crippen molar-refractivity contribution in [2.45, 2.75) is 18.6 Å². The molecule has 0 spiro atoms. The van der Waals surface area contributed by atoms with Gasteiger partial charge in [-0.2, -0.15) is 0 Å². The van der Waals surface area contributed by atoms with Crippen LogP contribution in [-0.4, -0.2) is 35.9 Å². The molecular weight excluding hydrogens is 358 g/mol. The predicted molar refractivity (Wildman–Crippen MR) is 84.5 cm³/mol. The molecule has 5 nitrogen and oxygen atoms in total. The number of carbonyl (C=O) groups is 3. The quantitative estimate of drug-likeness (QED) is 0.764. The first-order chi connectivity index (χ1) is 9.92. The standard InChI is InChI=1S/C14H14BrNO4S/c1-8(17)21-10-6-13(18)16(7-10)12-4-3-9(5-11(12)15)14(19)20-2/h3-5,10H,6-7H2,1-2H3. The van der Waals surface area contributed by atoms with Crippen LogP contribution in [0.2, 0.25) is 0 Å². The van der Waals surface area contributed by atoms with Crippen LogP contribution in [0, 0.1) is 0 Å². The van der Waals surface area contributed by atoms with Crippen LogP contribution in [-0.2, 0) is 14.3 Å². The van der Waals surface area contributed by atoms with Crippen molar-refractivity contribution in [1.82, 2.24) is 0 Å². The molecule has 0 bridgehead atoms. The Kier molecular flexibility index (Phi) is 5.05. The van der Waals surface area contributed by atoms with E-state index in [-0.39, 0.29) is 16.3 Å². The molecule has 21 heavy (non-hydrogen) atoms. The van der Waals surface area contributed by atoms with Gasteiger partial charge in [0, 0.05) is 29.6 Å². The summed E-state index contributed by atoms with van der Waals surface area (Å²) in [5.41, 5.74) is 1.11.